The van der Waals surface area contributed by atoms with Gasteiger partial charge < -0.3 is 25.2 Å². The highest BCUT2D eigenvalue weighted by Gasteiger charge is 2.37. The lowest BCUT2D eigenvalue weighted by atomic mass is 9.96. The van der Waals surface area contributed by atoms with Crippen LogP contribution in [0.2, 0.25) is 0 Å². The summed E-state index contributed by atoms with van der Waals surface area (Å²) in [4.78, 5) is 23.9. The minimum absolute atomic E-state index is 0.130. The van der Waals surface area contributed by atoms with E-state index in [0.29, 0.717) is 11.1 Å². The van der Waals surface area contributed by atoms with Crippen LogP contribution in [0.4, 0.5) is 0 Å². The minimum Gasteiger partial charge on any atom is -0.459 e. The molecule has 2 aromatic rings. The summed E-state index contributed by atoms with van der Waals surface area (Å²) in [6, 6.07) is 17.2. The molecular formula is C20H22O7. The molecule has 0 fully saturated rings. The van der Waals surface area contributed by atoms with Crippen LogP contribution in [0.5, 0.6) is 0 Å². The molecule has 0 aliphatic carbocycles. The van der Waals surface area contributed by atoms with Gasteiger partial charge in [-0.3, -0.25) is 4.79 Å². The largest absolute Gasteiger partial charge is 0.459 e. The fourth-order valence-electron chi connectivity index (χ4n) is 2.42. The normalized spacial score (nSPS) is 15.4. The Hall–Kier alpha value is -2.58. The van der Waals surface area contributed by atoms with E-state index in [0.717, 1.165) is 0 Å². The van der Waals surface area contributed by atoms with Crippen LogP contribution in [-0.4, -0.2) is 56.6 Å². The summed E-state index contributed by atoms with van der Waals surface area (Å²) in [5, 5.41) is 39.7. The highest BCUT2D eigenvalue weighted by molar-refractivity contribution is 5.85. The number of esters is 1. The molecule has 4 N–H and O–H groups in total. The fraction of sp³-hybridized carbons (Fsp3) is 0.300. The maximum atomic E-state index is 12.0. The Morgan fingerprint density at radius 2 is 1.22 bits per heavy atom. The maximum absolute atomic E-state index is 12.0. The van der Waals surface area contributed by atoms with Gasteiger partial charge in [-0.2, -0.15) is 0 Å². The first-order chi connectivity index (χ1) is 12.9. The van der Waals surface area contributed by atoms with Crippen molar-refractivity contribution in [1.29, 1.82) is 0 Å². The van der Waals surface area contributed by atoms with Crippen molar-refractivity contribution in [1.82, 2.24) is 0 Å². The molecule has 7 heteroatoms. The smallest absolute Gasteiger partial charge is 0.338 e. The van der Waals surface area contributed by atoms with Crippen LogP contribution in [0.1, 0.15) is 11.1 Å². The summed E-state index contributed by atoms with van der Waals surface area (Å²) in [7, 11) is 0. The van der Waals surface area contributed by atoms with E-state index in [-0.39, 0.29) is 13.0 Å². The van der Waals surface area contributed by atoms with Crippen LogP contribution >= 0.6 is 0 Å². The average molecular weight is 374 g/mol. The zero-order valence-electron chi connectivity index (χ0n) is 14.5. The van der Waals surface area contributed by atoms with Crippen LogP contribution in [0.3, 0.4) is 0 Å². The van der Waals surface area contributed by atoms with Gasteiger partial charge in [0.05, 0.1) is 0 Å². The Morgan fingerprint density at radius 3 is 1.78 bits per heavy atom. The summed E-state index contributed by atoms with van der Waals surface area (Å²) in [6.45, 7) is -0.130. The predicted octanol–water partition coefficient (Wildman–Crippen LogP) is -0.0148. The molecule has 0 aromatic heterocycles. The molecule has 27 heavy (non-hydrogen) atoms. The van der Waals surface area contributed by atoms with Gasteiger partial charge in [-0.1, -0.05) is 60.7 Å². The van der Waals surface area contributed by atoms with Crippen molar-refractivity contribution in [2.45, 2.75) is 37.4 Å². The first-order valence-corrected chi connectivity index (χ1v) is 8.39. The van der Waals surface area contributed by atoms with E-state index in [2.05, 4.69) is 0 Å². The minimum atomic E-state index is -2.11. The Kier molecular flexibility index (Phi) is 7.63. The zero-order chi connectivity index (χ0) is 19.8. The van der Waals surface area contributed by atoms with Gasteiger partial charge in [0.15, 0.2) is 11.9 Å². The van der Waals surface area contributed by atoms with Crippen molar-refractivity contribution in [3.63, 3.8) is 0 Å². The zero-order valence-corrected chi connectivity index (χ0v) is 14.5. The number of rotatable bonds is 9. The van der Waals surface area contributed by atoms with Crippen molar-refractivity contribution in [2.24, 2.45) is 0 Å². The molecule has 2 rings (SSSR count). The third-order valence-corrected chi connectivity index (χ3v) is 4.01. The number of carbonyl (C=O) groups excluding carboxylic acids is 2. The Bertz CT molecular complexity index is 733. The van der Waals surface area contributed by atoms with E-state index >= 15 is 0 Å². The van der Waals surface area contributed by atoms with E-state index in [1.165, 1.54) is 0 Å². The molecule has 144 valence electrons. The lowest BCUT2D eigenvalue weighted by Gasteiger charge is -2.25. The Labute approximate surface area is 156 Å². The van der Waals surface area contributed by atoms with Gasteiger partial charge in [-0.05, 0) is 11.1 Å². The number of ketones is 1. The predicted molar refractivity (Wildman–Crippen MR) is 95.4 cm³/mol. The fourth-order valence-corrected chi connectivity index (χ4v) is 2.42. The topological polar surface area (TPSA) is 124 Å². The molecule has 4 atom stereocenters. The van der Waals surface area contributed by atoms with Crippen molar-refractivity contribution in [3.05, 3.63) is 71.8 Å². The van der Waals surface area contributed by atoms with Crippen molar-refractivity contribution in [3.8, 4) is 0 Å². The average Bonchev–Trinajstić information content (AvgIpc) is 2.71. The number of carbonyl (C=O) groups is 2. The second kappa shape index (κ2) is 9.94. The SMILES string of the molecule is O=C(OCc1ccccc1)[C@@H](O)[C@@H](O)[C@H](O)[C@@H](O)C(=O)Cc1ccccc1. The van der Waals surface area contributed by atoms with Gasteiger partial charge in [-0.25, -0.2) is 4.79 Å². The third-order valence-electron chi connectivity index (χ3n) is 4.01. The van der Waals surface area contributed by atoms with Gasteiger partial charge >= 0.3 is 5.97 Å². The molecule has 0 heterocycles. The second-order valence-corrected chi connectivity index (χ2v) is 6.09. The number of ether oxygens (including phenoxy) is 1. The molecule has 0 spiro atoms. The quantitative estimate of drug-likeness (QED) is 0.455. The van der Waals surface area contributed by atoms with Gasteiger partial charge in [0.25, 0.3) is 0 Å². The molecule has 0 aliphatic rings. The van der Waals surface area contributed by atoms with Crippen LogP contribution in [0.15, 0.2) is 60.7 Å². The number of aliphatic hydroxyl groups excluding tert-OH is 4. The van der Waals surface area contributed by atoms with Crippen LogP contribution in [-0.2, 0) is 27.4 Å². The van der Waals surface area contributed by atoms with E-state index in [4.69, 9.17) is 4.74 Å². The molecule has 0 radical (unpaired) electrons. The van der Waals surface area contributed by atoms with Crippen LogP contribution in [0, 0.1) is 0 Å². The monoisotopic (exact) mass is 374 g/mol. The molecular weight excluding hydrogens is 352 g/mol. The number of hydrogen-bond donors (Lipinski definition) is 4. The number of hydrogen-bond acceptors (Lipinski definition) is 7. The summed E-state index contributed by atoms with van der Waals surface area (Å²) >= 11 is 0. The highest BCUT2D eigenvalue weighted by atomic mass is 16.5. The van der Waals surface area contributed by atoms with Gasteiger partial charge in [-0.15, -0.1) is 0 Å². The summed E-state index contributed by atoms with van der Waals surface area (Å²) in [5.74, 6) is -1.93. The maximum Gasteiger partial charge on any atom is 0.338 e. The highest BCUT2D eigenvalue weighted by Crippen LogP contribution is 2.11. The first-order valence-electron chi connectivity index (χ1n) is 8.39. The van der Waals surface area contributed by atoms with Gasteiger partial charge in [0.1, 0.15) is 24.9 Å². The number of Topliss-reactive ketones (excluding diaryl/α,β-unsaturated/α-hetero) is 1. The van der Waals surface area contributed by atoms with Crippen molar-refractivity contribution < 1.29 is 34.8 Å². The molecule has 0 saturated carbocycles. The number of aliphatic hydroxyl groups is 4. The van der Waals surface area contributed by atoms with Gasteiger partial charge in [0, 0.05) is 6.42 Å². The Balaban J connectivity index is 1.88. The van der Waals surface area contributed by atoms with Crippen LogP contribution < -0.4 is 0 Å². The van der Waals surface area contributed by atoms with E-state index in [1.807, 2.05) is 0 Å². The molecule has 0 unspecified atom stereocenters. The van der Waals surface area contributed by atoms with Gasteiger partial charge in [0.2, 0.25) is 0 Å². The molecule has 0 saturated heterocycles. The van der Waals surface area contributed by atoms with Crippen molar-refractivity contribution in [2.75, 3.05) is 0 Å². The molecule has 0 bridgehead atoms. The lowest BCUT2D eigenvalue weighted by Crippen LogP contribution is -2.50. The Morgan fingerprint density at radius 1 is 0.741 bits per heavy atom. The first kappa shape index (κ1) is 20.7. The second-order valence-electron chi connectivity index (χ2n) is 6.09. The number of benzene rings is 2. The molecule has 0 amide bonds. The van der Waals surface area contributed by atoms with E-state index < -0.39 is 36.2 Å². The summed E-state index contributed by atoms with van der Waals surface area (Å²) in [6.07, 6.45) is -8.36. The summed E-state index contributed by atoms with van der Waals surface area (Å²) < 4.78 is 4.87. The third kappa shape index (κ3) is 5.97. The molecule has 2 aromatic carbocycles. The summed E-state index contributed by atoms with van der Waals surface area (Å²) in [5.41, 5.74) is 1.29. The van der Waals surface area contributed by atoms with Crippen molar-refractivity contribution >= 4 is 11.8 Å². The standard InChI is InChI=1S/C20H22O7/c21-15(11-13-7-3-1-4-8-13)16(22)17(23)18(24)19(25)20(26)27-12-14-9-5-2-6-10-14/h1-10,16-19,22-25H,11-12H2/t16-,17+,18-,19-/m0/s1. The van der Waals surface area contributed by atoms with E-state index in [1.54, 1.807) is 60.7 Å². The molecule has 7 nitrogen and oxygen atoms in total. The lowest BCUT2D eigenvalue weighted by molar-refractivity contribution is -0.172. The molecule has 0 aliphatic heterocycles. The van der Waals surface area contributed by atoms with Crippen LogP contribution in [0.25, 0.3) is 0 Å². The van der Waals surface area contributed by atoms with E-state index in [9.17, 15) is 30.0 Å².